The Morgan fingerprint density at radius 3 is 2.53 bits per heavy atom. The van der Waals surface area contributed by atoms with Crippen LogP contribution in [-0.4, -0.2) is 48.4 Å². The Kier molecular flexibility index (Phi) is 7.82. The number of methoxy groups -OCH3 is 1. The van der Waals surface area contributed by atoms with E-state index in [2.05, 4.69) is 10.1 Å². The summed E-state index contributed by atoms with van der Waals surface area (Å²) in [6, 6.07) is 0.235. The molecule has 0 aliphatic rings. The molecule has 0 aromatic heterocycles. The summed E-state index contributed by atoms with van der Waals surface area (Å²) in [7, 11) is 1.39. The van der Waals surface area contributed by atoms with Crippen molar-refractivity contribution >= 4 is 17.7 Å². The second kappa shape index (κ2) is 7.96. The van der Waals surface area contributed by atoms with Crippen molar-refractivity contribution in [2.45, 2.75) is 37.6 Å². The molecule has 0 saturated carbocycles. The summed E-state index contributed by atoms with van der Waals surface area (Å²) in [5.74, 6) is -0.216. The lowest BCUT2D eigenvalue weighted by Crippen LogP contribution is -2.43. The molecular formula is C10H21NO3S. The smallest absolute Gasteiger partial charge is 0.307 e. The molecule has 0 fully saturated rings. The number of aliphatic hydroxyl groups is 1. The number of hydrogen-bond acceptors (Lipinski definition) is 5. The van der Waals surface area contributed by atoms with E-state index >= 15 is 0 Å². The van der Waals surface area contributed by atoms with Crippen LogP contribution in [0.2, 0.25) is 0 Å². The first-order chi connectivity index (χ1) is 7.04. The highest BCUT2D eigenvalue weighted by molar-refractivity contribution is 7.99. The number of carbonyl (C=O) groups is 1. The maximum Gasteiger partial charge on any atom is 0.307 e. The molecule has 0 aliphatic heterocycles. The first-order valence-corrected chi connectivity index (χ1v) is 6.30. The maximum absolute atomic E-state index is 11.0. The van der Waals surface area contributed by atoms with Crippen LogP contribution in [0.15, 0.2) is 0 Å². The third-order valence-corrected chi connectivity index (χ3v) is 3.45. The zero-order chi connectivity index (χ0) is 11.8. The summed E-state index contributed by atoms with van der Waals surface area (Å²) < 4.78 is 4.58. The molecule has 0 rings (SSSR count). The van der Waals surface area contributed by atoms with Crippen LogP contribution in [-0.2, 0) is 9.53 Å². The number of rotatable bonds is 7. The van der Waals surface area contributed by atoms with Crippen molar-refractivity contribution in [2.24, 2.45) is 0 Å². The van der Waals surface area contributed by atoms with Gasteiger partial charge in [0.1, 0.15) is 0 Å². The van der Waals surface area contributed by atoms with E-state index in [0.717, 1.165) is 0 Å². The topological polar surface area (TPSA) is 58.6 Å². The molecule has 3 unspecified atom stereocenters. The van der Waals surface area contributed by atoms with Crippen LogP contribution >= 0.6 is 11.8 Å². The lowest BCUT2D eigenvalue weighted by Gasteiger charge is -2.24. The van der Waals surface area contributed by atoms with Gasteiger partial charge in [0.15, 0.2) is 0 Å². The Bertz CT molecular complexity index is 186. The molecular weight excluding hydrogens is 214 g/mol. The van der Waals surface area contributed by atoms with E-state index in [0.29, 0.717) is 6.42 Å². The van der Waals surface area contributed by atoms with Crippen LogP contribution in [0.4, 0.5) is 0 Å². The van der Waals surface area contributed by atoms with Gasteiger partial charge >= 0.3 is 5.97 Å². The summed E-state index contributed by atoms with van der Waals surface area (Å²) in [5.41, 5.74) is 0. The van der Waals surface area contributed by atoms with Crippen molar-refractivity contribution in [1.29, 1.82) is 0 Å². The largest absolute Gasteiger partial charge is 0.469 e. The van der Waals surface area contributed by atoms with E-state index in [1.807, 2.05) is 20.1 Å². The second-order valence-corrected chi connectivity index (χ2v) is 4.67. The van der Waals surface area contributed by atoms with Gasteiger partial charge in [-0.05, 0) is 20.1 Å². The minimum atomic E-state index is -0.216. The average molecular weight is 235 g/mol. The standard InChI is InChI=1S/C10H21NO3S/c1-7(5-10(13)14-3)11-8(2)9(6-12)15-4/h7-9,11-12H,5-6H2,1-4H3. The molecule has 2 N–H and O–H groups in total. The minimum Gasteiger partial charge on any atom is -0.469 e. The molecule has 0 aliphatic carbocycles. The zero-order valence-corrected chi connectivity index (χ0v) is 10.6. The van der Waals surface area contributed by atoms with Crippen LogP contribution in [0.25, 0.3) is 0 Å². The summed E-state index contributed by atoms with van der Waals surface area (Å²) in [6.07, 6.45) is 2.32. The van der Waals surface area contributed by atoms with Crippen LogP contribution in [0, 0.1) is 0 Å². The third-order valence-electron chi connectivity index (χ3n) is 2.29. The minimum absolute atomic E-state index is 0.0636. The number of ether oxygens (including phenoxy) is 1. The van der Waals surface area contributed by atoms with E-state index in [1.54, 1.807) is 11.8 Å². The SMILES string of the molecule is COC(=O)CC(C)NC(C)C(CO)SC. The molecule has 15 heavy (non-hydrogen) atoms. The van der Waals surface area contributed by atoms with Gasteiger partial charge in [0, 0.05) is 17.3 Å². The number of thioether (sulfide) groups is 1. The highest BCUT2D eigenvalue weighted by Crippen LogP contribution is 2.11. The van der Waals surface area contributed by atoms with Gasteiger partial charge in [0.05, 0.1) is 20.1 Å². The van der Waals surface area contributed by atoms with Gasteiger partial charge in [-0.1, -0.05) is 0 Å². The van der Waals surface area contributed by atoms with Gasteiger partial charge in [0.25, 0.3) is 0 Å². The van der Waals surface area contributed by atoms with Crippen LogP contribution in [0.1, 0.15) is 20.3 Å². The Labute approximate surface area is 95.8 Å². The number of nitrogens with one attached hydrogen (secondary N) is 1. The first-order valence-electron chi connectivity index (χ1n) is 5.01. The fourth-order valence-electron chi connectivity index (χ4n) is 1.39. The molecule has 0 saturated heterocycles. The van der Waals surface area contributed by atoms with E-state index in [9.17, 15) is 4.79 Å². The van der Waals surface area contributed by atoms with Crippen molar-refractivity contribution in [3.63, 3.8) is 0 Å². The second-order valence-electron chi connectivity index (χ2n) is 3.59. The molecule has 0 amide bonds. The quantitative estimate of drug-likeness (QED) is 0.634. The normalized spacial score (nSPS) is 16.9. The Hall–Kier alpha value is -0.260. The predicted octanol–water partition coefficient (Wildman–Crippen LogP) is 0.640. The summed E-state index contributed by atoms with van der Waals surface area (Å²) >= 11 is 1.62. The molecule has 4 nitrogen and oxygen atoms in total. The van der Waals surface area contributed by atoms with Gasteiger partial charge < -0.3 is 15.2 Å². The maximum atomic E-state index is 11.0. The van der Waals surface area contributed by atoms with Crippen molar-refractivity contribution in [2.75, 3.05) is 20.0 Å². The van der Waals surface area contributed by atoms with Crippen LogP contribution in [0.5, 0.6) is 0 Å². The van der Waals surface area contributed by atoms with Crippen molar-refractivity contribution in [1.82, 2.24) is 5.32 Å². The van der Waals surface area contributed by atoms with Gasteiger partial charge in [-0.15, -0.1) is 0 Å². The molecule has 3 atom stereocenters. The molecule has 0 heterocycles. The average Bonchev–Trinajstić information content (AvgIpc) is 2.19. The molecule has 0 aromatic rings. The number of carbonyl (C=O) groups excluding carboxylic acids is 1. The lowest BCUT2D eigenvalue weighted by molar-refractivity contribution is -0.141. The monoisotopic (exact) mass is 235 g/mol. The molecule has 90 valence electrons. The third kappa shape index (κ3) is 6.02. The molecule has 0 spiro atoms. The Morgan fingerprint density at radius 2 is 2.13 bits per heavy atom. The van der Waals surface area contributed by atoms with E-state index in [1.165, 1.54) is 7.11 Å². The van der Waals surface area contributed by atoms with Gasteiger partial charge in [-0.2, -0.15) is 11.8 Å². The first kappa shape index (κ1) is 14.7. The fraction of sp³-hybridized carbons (Fsp3) is 0.900. The molecule has 5 heteroatoms. The summed E-state index contributed by atoms with van der Waals surface area (Å²) in [4.78, 5) is 11.0. The van der Waals surface area contributed by atoms with Crippen LogP contribution in [0.3, 0.4) is 0 Å². The van der Waals surface area contributed by atoms with Crippen molar-refractivity contribution in [3.05, 3.63) is 0 Å². The molecule has 0 aromatic carbocycles. The van der Waals surface area contributed by atoms with Gasteiger partial charge in [-0.3, -0.25) is 4.79 Å². The molecule has 0 radical (unpaired) electrons. The lowest BCUT2D eigenvalue weighted by atomic mass is 10.1. The van der Waals surface area contributed by atoms with E-state index in [4.69, 9.17) is 5.11 Å². The summed E-state index contributed by atoms with van der Waals surface area (Å²) in [6.45, 7) is 4.08. The number of aliphatic hydroxyl groups excluding tert-OH is 1. The molecule has 0 bridgehead atoms. The fourth-order valence-corrected chi connectivity index (χ4v) is 2.02. The number of esters is 1. The van der Waals surface area contributed by atoms with E-state index in [-0.39, 0.29) is 29.9 Å². The Morgan fingerprint density at radius 1 is 1.53 bits per heavy atom. The van der Waals surface area contributed by atoms with Crippen molar-refractivity contribution < 1.29 is 14.6 Å². The number of hydrogen-bond donors (Lipinski definition) is 2. The van der Waals surface area contributed by atoms with Crippen molar-refractivity contribution in [3.8, 4) is 0 Å². The zero-order valence-electron chi connectivity index (χ0n) is 9.82. The Balaban J connectivity index is 3.93. The van der Waals surface area contributed by atoms with Crippen LogP contribution < -0.4 is 5.32 Å². The van der Waals surface area contributed by atoms with E-state index < -0.39 is 0 Å². The highest BCUT2D eigenvalue weighted by Gasteiger charge is 2.18. The highest BCUT2D eigenvalue weighted by atomic mass is 32.2. The summed E-state index contributed by atoms with van der Waals surface area (Å²) in [5, 5.41) is 12.5. The predicted molar refractivity (Wildman–Crippen MR) is 63.1 cm³/mol. The van der Waals surface area contributed by atoms with Gasteiger partial charge in [-0.25, -0.2) is 0 Å². The van der Waals surface area contributed by atoms with Gasteiger partial charge in [0.2, 0.25) is 0 Å².